The number of halogens is 1. The van der Waals surface area contributed by atoms with Crippen LogP contribution in [0.5, 0.6) is 0 Å². The van der Waals surface area contributed by atoms with Crippen LogP contribution in [0.15, 0.2) is 24.3 Å². The SMILES string of the molecule is CCc1c2n(c3ccccc13)CCNC2.Cl. The number of para-hydroxylation sites is 1. The molecule has 1 aromatic heterocycles. The second-order valence-corrected chi connectivity index (χ2v) is 4.12. The number of hydrogen-bond donors (Lipinski definition) is 1. The van der Waals surface area contributed by atoms with Gasteiger partial charge < -0.3 is 9.88 Å². The Bertz CT molecular complexity index is 469. The van der Waals surface area contributed by atoms with Crippen LogP contribution in [0.4, 0.5) is 0 Å². The van der Waals surface area contributed by atoms with Gasteiger partial charge in [-0.2, -0.15) is 0 Å². The van der Waals surface area contributed by atoms with Crippen molar-refractivity contribution in [2.75, 3.05) is 6.54 Å². The van der Waals surface area contributed by atoms with E-state index in [1.807, 2.05) is 0 Å². The number of aryl methyl sites for hydroxylation is 1. The Hall–Kier alpha value is -0.990. The number of rotatable bonds is 1. The van der Waals surface area contributed by atoms with Crippen LogP contribution >= 0.6 is 12.4 Å². The zero-order chi connectivity index (χ0) is 10.3. The van der Waals surface area contributed by atoms with Gasteiger partial charge in [0.2, 0.25) is 0 Å². The maximum atomic E-state index is 3.46. The minimum atomic E-state index is 0. The highest BCUT2D eigenvalue weighted by Gasteiger charge is 2.17. The number of benzene rings is 1. The maximum Gasteiger partial charge on any atom is 0.0486 e. The van der Waals surface area contributed by atoms with Crippen LogP contribution in [0.2, 0.25) is 0 Å². The molecule has 2 aromatic rings. The molecule has 0 radical (unpaired) electrons. The molecule has 86 valence electrons. The Labute approximate surface area is 102 Å². The topological polar surface area (TPSA) is 17.0 Å². The summed E-state index contributed by atoms with van der Waals surface area (Å²) in [6.45, 7) is 5.47. The fraction of sp³-hybridized carbons (Fsp3) is 0.385. The predicted molar refractivity (Wildman–Crippen MR) is 70.3 cm³/mol. The van der Waals surface area contributed by atoms with Crippen LogP contribution in [-0.4, -0.2) is 11.1 Å². The number of fused-ring (bicyclic) bond motifs is 3. The first-order chi connectivity index (χ1) is 7.42. The van der Waals surface area contributed by atoms with Crippen molar-refractivity contribution in [3.05, 3.63) is 35.5 Å². The van der Waals surface area contributed by atoms with Gasteiger partial charge in [0.25, 0.3) is 0 Å². The first-order valence-corrected chi connectivity index (χ1v) is 5.71. The van der Waals surface area contributed by atoms with Gasteiger partial charge >= 0.3 is 0 Å². The Morgan fingerprint density at radius 2 is 2.12 bits per heavy atom. The molecule has 1 aromatic carbocycles. The summed E-state index contributed by atoms with van der Waals surface area (Å²) < 4.78 is 2.48. The molecule has 3 rings (SSSR count). The van der Waals surface area contributed by atoms with Crippen LogP contribution in [0.1, 0.15) is 18.2 Å². The van der Waals surface area contributed by atoms with Crippen molar-refractivity contribution in [1.29, 1.82) is 0 Å². The predicted octanol–water partition coefficient (Wildman–Crippen LogP) is 2.73. The molecule has 1 aliphatic rings. The highest BCUT2D eigenvalue weighted by atomic mass is 35.5. The van der Waals surface area contributed by atoms with Gasteiger partial charge in [-0.15, -0.1) is 12.4 Å². The van der Waals surface area contributed by atoms with Crippen molar-refractivity contribution < 1.29 is 0 Å². The summed E-state index contributed by atoms with van der Waals surface area (Å²) in [5, 5.41) is 4.90. The molecule has 1 N–H and O–H groups in total. The molecule has 0 unspecified atom stereocenters. The van der Waals surface area contributed by atoms with Crippen LogP contribution in [0.25, 0.3) is 10.9 Å². The fourth-order valence-electron chi connectivity index (χ4n) is 2.68. The molecular weight excluding hydrogens is 220 g/mol. The molecule has 16 heavy (non-hydrogen) atoms. The molecule has 2 heterocycles. The summed E-state index contributed by atoms with van der Waals surface area (Å²) in [6, 6.07) is 8.76. The third-order valence-corrected chi connectivity index (χ3v) is 3.35. The summed E-state index contributed by atoms with van der Waals surface area (Å²) in [7, 11) is 0. The lowest BCUT2D eigenvalue weighted by Gasteiger charge is -2.18. The normalized spacial score (nSPS) is 14.6. The highest BCUT2D eigenvalue weighted by Crippen LogP contribution is 2.27. The molecule has 0 fully saturated rings. The number of nitrogens with one attached hydrogen (secondary N) is 1. The van der Waals surface area contributed by atoms with Gasteiger partial charge in [-0.05, 0) is 18.1 Å². The van der Waals surface area contributed by atoms with E-state index in [9.17, 15) is 0 Å². The molecule has 3 heteroatoms. The molecule has 0 saturated heterocycles. The zero-order valence-corrected chi connectivity index (χ0v) is 10.3. The van der Waals surface area contributed by atoms with E-state index in [1.165, 1.54) is 22.2 Å². The lowest BCUT2D eigenvalue weighted by Crippen LogP contribution is -2.28. The number of hydrogen-bond acceptors (Lipinski definition) is 1. The van der Waals surface area contributed by atoms with Gasteiger partial charge in [-0.3, -0.25) is 0 Å². The van der Waals surface area contributed by atoms with Gasteiger partial charge in [-0.25, -0.2) is 0 Å². The van der Waals surface area contributed by atoms with E-state index >= 15 is 0 Å². The second-order valence-electron chi connectivity index (χ2n) is 4.12. The minimum absolute atomic E-state index is 0. The second kappa shape index (κ2) is 4.48. The Morgan fingerprint density at radius 1 is 1.31 bits per heavy atom. The van der Waals surface area contributed by atoms with Crippen molar-refractivity contribution in [2.24, 2.45) is 0 Å². The van der Waals surface area contributed by atoms with Crippen LogP contribution in [-0.2, 0) is 19.5 Å². The maximum absolute atomic E-state index is 3.46. The third kappa shape index (κ3) is 1.53. The first-order valence-electron chi connectivity index (χ1n) is 5.71. The summed E-state index contributed by atoms with van der Waals surface area (Å²) >= 11 is 0. The monoisotopic (exact) mass is 236 g/mol. The minimum Gasteiger partial charge on any atom is -0.342 e. The average Bonchev–Trinajstić information content (AvgIpc) is 2.63. The van der Waals surface area contributed by atoms with Gasteiger partial charge in [-0.1, -0.05) is 25.1 Å². The number of nitrogens with zero attached hydrogens (tertiary/aromatic N) is 1. The molecule has 1 aliphatic heterocycles. The Balaban J connectivity index is 0.000000963. The van der Waals surface area contributed by atoms with Crippen molar-refractivity contribution >= 4 is 23.3 Å². The van der Waals surface area contributed by atoms with Gasteiger partial charge in [0.05, 0.1) is 0 Å². The molecule has 0 atom stereocenters. The Morgan fingerprint density at radius 3 is 2.94 bits per heavy atom. The van der Waals surface area contributed by atoms with Gasteiger partial charge in [0.15, 0.2) is 0 Å². The van der Waals surface area contributed by atoms with E-state index in [0.29, 0.717) is 0 Å². The molecule has 0 saturated carbocycles. The molecular formula is C13H17ClN2. The molecule has 0 amide bonds. The van der Waals surface area contributed by atoms with Crippen molar-refractivity contribution in [3.63, 3.8) is 0 Å². The zero-order valence-electron chi connectivity index (χ0n) is 9.49. The van der Waals surface area contributed by atoms with Crippen molar-refractivity contribution in [1.82, 2.24) is 9.88 Å². The highest BCUT2D eigenvalue weighted by molar-refractivity contribution is 5.86. The van der Waals surface area contributed by atoms with E-state index in [1.54, 1.807) is 0 Å². The van der Waals surface area contributed by atoms with E-state index in [0.717, 1.165) is 26.1 Å². The van der Waals surface area contributed by atoms with Crippen LogP contribution in [0.3, 0.4) is 0 Å². The average molecular weight is 237 g/mol. The third-order valence-electron chi connectivity index (χ3n) is 3.35. The fourth-order valence-corrected chi connectivity index (χ4v) is 2.68. The lowest BCUT2D eigenvalue weighted by atomic mass is 10.1. The van der Waals surface area contributed by atoms with Crippen LogP contribution in [0, 0.1) is 0 Å². The standard InChI is InChI=1S/C13H16N2.ClH/c1-2-10-11-5-3-4-6-12(11)15-8-7-14-9-13(10)15;/h3-6,14H,2,7-9H2,1H3;1H. The molecule has 0 spiro atoms. The van der Waals surface area contributed by atoms with Crippen LogP contribution < -0.4 is 5.32 Å². The lowest BCUT2D eigenvalue weighted by molar-refractivity contribution is 0.523. The summed E-state index contributed by atoms with van der Waals surface area (Å²) in [5.74, 6) is 0. The van der Waals surface area contributed by atoms with Gasteiger partial charge in [0, 0.05) is 36.2 Å². The quantitative estimate of drug-likeness (QED) is 0.806. The van der Waals surface area contributed by atoms with Gasteiger partial charge in [0.1, 0.15) is 0 Å². The van der Waals surface area contributed by atoms with E-state index in [2.05, 4.69) is 41.1 Å². The van der Waals surface area contributed by atoms with E-state index < -0.39 is 0 Å². The van der Waals surface area contributed by atoms with E-state index in [4.69, 9.17) is 0 Å². The summed E-state index contributed by atoms with van der Waals surface area (Å²) in [5.41, 5.74) is 4.42. The molecule has 0 bridgehead atoms. The smallest absolute Gasteiger partial charge is 0.0486 e. The molecule has 2 nitrogen and oxygen atoms in total. The Kier molecular flexibility index (Phi) is 3.22. The summed E-state index contributed by atoms with van der Waals surface area (Å²) in [4.78, 5) is 0. The number of aromatic nitrogens is 1. The van der Waals surface area contributed by atoms with E-state index in [-0.39, 0.29) is 12.4 Å². The summed E-state index contributed by atoms with van der Waals surface area (Å²) in [6.07, 6.45) is 1.13. The largest absolute Gasteiger partial charge is 0.342 e. The molecule has 0 aliphatic carbocycles. The van der Waals surface area contributed by atoms with Crippen molar-refractivity contribution in [2.45, 2.75) is 26.4 Å². The first kappa shape index (κ1) is 11.5. The van der Waals surface area contributed by atoms with Crippen molar-refractivity contribution in [3.8, 4) is 0 Å².